The van der Waals surface area contributed by atoms with Crippen molar-refractivity contribution in [3.05, 3.63) is 45.5 Å². The zero-order chi connectivity index (χ0) is 19.1. The Hall–Kier alpha value is -1.07. The predicted molar refractivity (Wildman–Crippen MR) is 112 cm³/mol. The molecule has 1 aliphatic carbocycles. The molecule has 27 heavy (non-hydrogen) atoms. The summed E-state index contributed by atoms with van der Waals surface area (Å²) in [5, 5.41) is 4.46. The lowest BCUT2D eigenvalue weighted by atomic mass is 9.97. The second kappa shape index (κ2) is 10.5. The maximum Gasteiger partial charge on any atom is 0.234 e. The van der Waals surface area contributed by atoms with Crippen molar-refractivity contribution >= 4 is 29.1 Å². The first kappa shape index (κ1) is 20.7. The minimum atomic E-state index is 0.139. The maximum atomic E-state index is 12.2. The Kier molecular flexibility index (Phi) is 8.01. The van der Waals surface area contributed by atoms with Crippen LogP contribution in [-0.2, 0) is 11.3 Å². The number of hydrogen-bond donors (Lipinski definition) is 1. The molecule has 6 heteroatoms. The number of piperazine rings is 1. The van der Waals surface area contributed by atoms with Gasteiger partial charge in [0.1, 0.15) is 0 Å². The van der Waals surface area contributed by atoms with Crippen molar-refractivity contribution in [1.82, 2.24) is 15.1 Å². The highest BCUT2D eigenvalue weighted by Crippen LogP contribution is 2.23. The number of nitrogens with one attached hydrogen (secondary N) is 1. The zero-order valence-corrected chi connectivity index (χ0v) is 17.4. The summed E-state index contributed by atoms with van der Waals surface area (Å²) in [4.78, 5) is 16.8. The molecule has 0 unspecified atom stereocenters. The average Bonchev–Trinajstić information content (AvgIpc) is 2.66. The number of carbonyl (C=O) groups excluding carboxylic acids is 1. The lowest BCUT2D eigenvalue weighted by molar-refractivity contribution is -0.122. The fourth-order valence-corrected chi connectivity index (χ4v) is 4.22. The third-order valence-electron chi connectivity index (χ3n) is 5.39. The minimum Gasteiger partial charge on any atom is -0.355 e. The van der Waals surface area contributed by atoms with E-state index in [1.165, 1.54) is 31.3 Å². The Morgan fingerprint density at radius 2 is 1.85 bits per heavy atom. The van der Waals surface area contributed by atoms with E-state index in [0.717, 1.165) is 56.3 Å². The highest BCUT2D eigenvalue weighted by atomic mass is 35.5. The van der Waals surface area contributed by atoms with E-state index in [9.17, 15) is 4.79 Å². The summed E-state index contributed by atoms with van der Waals surface area (Å²) in [5.41, 5.74) is 2.61. The van der Waals surface area contributed by atoms with Crippen LogP contribution in [0.3, 0.4) is 0 Å². The van der Waals surface area contributed by atoms with E-state index in [1.807, 2.05) is 12.1 Å². The first-order valence-electron chi connectivity index (χ1n) is 9.93. The topological polar surface area (TPSA) is 35.6 Å². The van der Waals surface area contributed by atoms with Crippen LogP contribution < -0.4 is 5.32 Å². The predicted octanol–water partition coefficient (Wildman–Crippen LogP) is 4.12. The molecule has 1 fully saturated rings. The second-order valence-electron chi connectivity index (χ2n) is 7.50. The normalized spacial score (nSPS) is 19.0. The van der Waals surface area contributed by atoms with Crippen LogP contribution >= 0.6 is 23.2 Å². The van der Waals surface area contributed by atoms with Gasteiger partial charge in [0.2, 0.25) is 5.91 Å². The average molecular weight is 410 g/mol. The van der Waals surface area contributed by atoms with Crippen LogP contribution in [0.25, 0.3) is 0 Å². The number of benzene rings is 1. The number of amides is 1. The van der Waals surface area contributed by atoms with E-state index in [1.54, 1.807) is 6.07 Å². The fourth-order valence-electron chi connectivity index (χ4n) is 3.75. The van der Waals surface area contributed by atoms with Crippen molar-refractivity contribution in [2.45, 2.75) is 38.6 Å². The summed E-state index contributed by atoms with van der Waals surface area (Å²) in [6, 6.07) is 5.67. The Balaban J connectivity index is 1.34. The lowest BCUT2D eigenvalue weighted by Crippen LogP contribution is -2.49. The van der Waals surface area contributed by atoms with Crippen LogP contribution in [0, 0.1) is 0 Å². The third-order valence-corrected chi connectivity index (χ3v) is 5.98. The van der Waals surface area contributed by atoms with Crippen LogP contribution in [0.4, 0.5) is 0 Å². The summed E-state index contributed by atoms with van der Waals surface area (Å²) < 4.78 is 0. The van der Waals surface area contributed by atoms with Crippen LogP contribution in [-0.4, -0.2) is 55.0 Å². The molecule has 0 radical (unpaired) electrons. The van der Waals surface area contributed by atoms with Gasteiger partial charge in [-0.1, -0.05) is 40.9 Å². The fraction of sp³-hybridized carbons (Fsp3) is 0.571. The molecular weight excluding hydrogens is 381 g/mol. The molecule has 1 aromatic rings. The molecule has 1 aliphatic heterocycles. The van der Waals surface area contributed by atoms with Crippen molar-refractivity contribution < 1.29 is 4.79 Å². The molecule has 1 heterocycles. The van der Waals surface area contributed by atoms with Gasteiger partial charge >= 0.3 is 0 Å². The Bertz CT molecular complexity index is 669. The molecule has 1 aromatic carbocycles. The van der Waals surface area contributed by atoms with E-state index in [0.29, 0.717) is 11.6 Å². The molecule has 0 bridgehead atoms. The second-order valence-corrected chi connectivity index (χ2v) is 8.34. The van der Waals surface area contributed by atoms with Gasteiger partial charge in [-0.15, -0.1) is 0 Å². The number of hydrogen-bond acceptors (Lipinski definition) is 3. The summed E-state index contributed by atoms with van der Waals surface area (Å²) in [5.74, 6) is 0.139. The minimum absolute atomic E-state index is 0.139. The third kappa shape index (κ3) is 6.79. The highest BCUT2D eigenvalue weighted by molar-refractivity contribution is 6.35. The number of halogens is 2. The van der Waals surface area contributed by atoms with Gasteiger partial charge in [0, 0.05) is 49.3 Å². The number of rotatable bonds is 7. The highest BCUT2D eigenvalue weighted by Gasteiger charge is 2.19. The molecule has 3 rings (SSSR count). The lowest BCUT2D eigenvalue weighted by Gasteiger charge is -2.34. The molecule has 0 spiro atoms. The summed E-state index contributed by atoms with van der Waals surface area (Å²) >= 11 is 12.2. The van der Waals surface area contributed by atoms with E-state index >= 15 is 0 Å². The van der Waals surface area contributed by atoms with Crippen LogP contribution in [0.2, 0.25) is 10.0 Å². The number of carbonyl (C=O) groups is 1. The largest absolute Gasteiger partial charge is 0.355 e. The first-order chi connectivity index (χ1) is 13.1. The molecule has 0 saturated carbocycles. The molecule has 1 amide bonds. The van der Waals surface area contributed by atoms with Crippen LogP contribution in [0.5, 0.6) is 0 Å². The molecule has 1 N–H and O–H groups in total. The van der Waals surface area contributed by atoms with Gasteiger partial charge in [0.15, 0.2) is 0 Å². The Morgan fingerprint density at radius 1 is 1.07 bits per heavy atom. The standard InChI is InChI=1S/C21H29Cl2N3O/c22-19-7-6-18(20(23)14-19)15-25-10-12-26(13-11-25)16-21(27)24-9-8-17-4-2-1-3-5-17/h4,6-7,14H,1-3,5,8-13,15-16H2,(H,24,27). The van der Waals surface area contributed by atoms with Crippen LogP contribution in [0.1, 0.15) is 37.7 Å². The number of nitrogens with zero attached hydrogens (tertiary/aromatic N) is 2. The van der Waals surface area contributed by atoms with Crippen molar-refractivity contribution in [3.63, 3.8) is 0 Å². The molecule has 0 atom stereocenters. The van der Waals surface area contributed by atoms with Gasteiger partial charge in [-0.05, 0) is 49.8 Å². The van der Waals surface area contributed by atoms with Gasteiger partial charge in [-0.3, -0.25) is 14.6 Å². The Morgan fingerprint density at radius 3 is 2.56 bits per heavy atom. The van der Waals surface area contributed by atoms with Gasteiger partial charge in [-0.2, -0.15) is 0 Å². The maximum absolute atomic E-state index is 12.2. The Labute approximate surface area is 172 Å². The van der Waals surface area contributed by atoms with Crippen molar-refractivity contribution in [3.8, 4) is 0 Å². The van der Waals surface area contributed by atoms with E-state index < -0.39 is 0 Å². The van der Waals surface area contributed by atoms with E-state index in [2.05, 4.69) is 21.2 Å². The van der Waals surface area contributed by atoms with Crippen molar-refractivity contribution in [2.24, 2.45) is 0 Å². The van der Waals surface area contributed by atoms with Gasteiger partial charge in [-0.25, -0.2) is 0 Å². The molecule has 148 valence electrons. The van der Waals surface area contributed by atoms with Crippen molar-refractivity contribution in [1.29, 1.82) is 0 Å². The first-order valence-corrected chi connectivity index (χ1v) is 10.7. The molecular formula is C21H29Cl2N3O. The summed E-state index contributed by atoms with van der Waals surface area (Å²) in [7, 11) is 0. The van der Waals surface area contributed by atoms with Gasteiger partial charge < -0.3 is 5.32 Å². The molecule has 1 saturated heterocycles. The van der Waals surface area contributed by atoms with Crippen molar-refractivity contribution in [2.75, 3.05) is 39.3 Å². The monoisotopic (exact) mass is 409 g/mol. The van der Waals surface area contributed by atoms with E-state index in [4.69, 9.17) is 23.2 Å². The van der Waals surface area contributed by atoms with Gasteiger partial charge in [0.25, 0.3) is 0 Å². The molecule has 2 aliphatic rings. The SMILES string of the molecule is O=C(CN1CCN(Cc2ccc(Cl)cc2Cl)CC1)NCCC1=CCCCC1. The van der Waals surface area contributed by atoms with Gasteiger partial charge in [0.05, 0.1) is 6.54 Å². The zero-order valence-electron chi connectivity index (χ0n) is 15.9. The van der Waals surface area contributed by atoms with Crippen LogP contribution in [0.15, 0.2) is 29.8 Å². The molecule has 0 aromatic heterocycles. The number of allylic oxidation sites excluding steroid dienone is 1. The smallest absolute Gasteiger partial charge is 0.234 e. The quantitative estimate of drug-likeness (QED) is 0.687. The summed E-state index contributed by atoms with van der Waals surface area (Å²) in [6.45, 7) is 5.78. The summed E-state index contributed by atoms with van der Waals surface area (Å²) in [6.07, 6.45) is 8.37. The van der Waals surface area contributed by atoms with E-state index in [-0.39, 0.29) is 5.91 Å². The molecule has 4 nitrogen and oxygen atoms in total.